The molecule has 3 aliphatic rings. The lowest BCUT2D eigenvalue weighted by atomic mass is 9.78. The highest BCUT2D eigenvalue weighted by Gasteiger charge is 2.37. The molecule has 1 aromatic rings. The lowest BCUT2D eigenvalue weighted by molar-refractivity contribution is -0.133. The summed E-state index contributed by atoms with van der Waals surface area (Å²) in [6.45, 7) is 3.94. The van der Waals surface area contributed by atoms with Crippen LogP contribution < -0.4 is 10.0 Å². The monoisotopic (exact) mass is 391 g/mol. The van der Waals surface area contributed by atoms with E-state index in [1.165, 1.54) is 6.42 Å². The van der Waals surface area contributed by atoms with Crippen molar-refractivity contribution in [1.82, 2.24) is 14.9 Å². The molecule has 2 N–H and O–H groups in total. The molecule has 0 bridgehead atoms. The molecule has 2 aliphatic heterocycles. The number of hydrogen-bond donors (Lipinski definition) is 2. The van der Waals surface area contributed by atoms with Crippen molar-refractivity contribution in [2.24, 2.45) is 5.41 Å². The molecule has 0 aromatic heterocycles. The van der Waals surface area contributed by atoms with Gasteiger partial charge < -0.3 is 10.2 Å². The SMILES string of the molecule is O=C(CCc1ccc(S(=O)(=O)NC2CC2)cc1)N1CCC2(CCNC2)CC1. The van der Waals surface area contributed by atoms with Crippen LogP contribution in [0.1, 0.15) is 44.1 Å². The van der Waals surface area contributed by atoms with E-state index in [0.29, 0.717) is 23.2 Å². The predicted octanol–water partition coefficient (Wildman–Crippen LogP) is 1.66. The molecule has 27 heavy (non-hydrogen) atoms. The van der Waals surface area contributed by atoms with Crippen LogP contribution in [0.15, 0.2) is 29.2 Å². The van der Waals surface area contributed by atoms with Gasteiger partial charge in [0, 0.05) is 32.1 Å². The minimum atomic E-state index is -3.40. The number of amides is 1. The number of benzene rings is 1. The summed E-state index contributed by atoms with van der Waals surface area (Å²) in [6.07, 6.45) is 6.43. The Balaban J connectivity index is 1.26. The van der Waals surface area contributed by atoms with E-state index in [-0.39, 0.29) is 11.9 Å². The van der Waals surface area contributed by atoms with Crippen LogP contribution in [0.5, 0.6) is 0 Å². The highest BCUT2D eigenvalue weighted by Crippen LogP contribution is 2.37. The molecule has 7 heteroatoms. The van der Waals surface area contributed by atoms with Crippen molar-refractivity contribution >= 4 is 15.9 Å². The van der Waals surface area contributed by atoms with Gasteiger partial charge in [-0.1, -0.05) is 12.1 Å². The highest BCUT2D eigenvalue weighted by molar-refractivity contribution is 7.89. The summed E-state index contributed by atoms with van der Waals surface area (Å²) >= 11 is 0. The maximum Gasteiger partial charge on any atom is 0.240 e. The summed E-state index contributed by atoms with van der Waals surface area (Å²) in [5.41, 5.74) is 1.43. The van der Waals surface area contributed by atoms with Crippen molar-refractivity contribution in [3.05, 3.63) is 29.8 Å². The average molecular weight is 392 g/mol. The van der Waals surface area contributed by atoms with Crippen LogP contribution >= 0.6 is 0 Å². The maximum atomic E-state index is 12.5. The third-order valence-corrected chi connectivity index (χ3v) is 7.81. The Morgan fingerprint density at radius 3 is 2.44 bits per heavy atom. The number of aryl methyl sites for hydroxylation is 1. The molecule has 1 saturated carbocycles. The molecule has 0 radical (unpaired) electrons. The van der Waals surface area contributed by atoms with Gasteiger partial charge in [-0.25, -0.2) is 13.1 Å². The molecule has 148 valence electrons. The highest BCUT2D eigenvalue weighted by atomic mass is 32.2. The first-order valence-electron chi connectivity index (χ1n) is 10.1. The van der Waals surface area contributed by atoms with Gasteiger partial charge in [-0.2, -0.15) is 0 Å². The fraction of sp³-hybridized carbons (Fsp3) is 0.650. The first-order chi connectivity index (χ1) is 13.0. The van der Waals surface area contributed by atoms with Gasteiger partial charge in [-0.05, 0) is 68.2 Å². The van der Waals surface area contributed by atoms with Crippen LogP contribution in [-0.2, 0) is 21.2 Å². The van der Waals surface area contributed by atoms with Gasteiger partial charge in [0.2, 0.25) is 15.9 Å². The molecule has 4 rings (SSSR count). The summed E-state index contributed by atoms with van der Waals surface area (Å²) in [5.74, 6) is 0.211. The normalized spacial score (nSPS) is 22.3. The van der Waals surface area contributed by atoms with Gasteiger partial charge in [-0.3, -0.25) is 4.79 Å². The van der Waals surface area contributed by atoms with Gasteiger partial charge >= 0.3 is 0 Å². The zero-order valence-corrected chi connectivity index (χ0v) is 16.6. The summed E-state index contributed by atoms with van der Waals surface area (Å²) in [7, 11) is -3.40. The molecule has 0 atom stereocenters. The number of nitrogens with one attached hydrogen (secondary N) is 2. The third-order valence-electron chi connectivity index (χ3n) is 6.27. The van der Waals surface area contributed by atoms with E-state index in [1.54, 1.807) is 12.1 Å². The van der Waals surface area contributed by atoms with Crippen LogP contribution in [-0.4, -0.2) is 51.4 Å². The van der Waals surface area contributed by atoms with Crippen LogP contribution in [0.2, 0.25) is 0 Å². The molecule has 1 spiro atoms. The van der Waals surface area contributed by atoms with Crippen molar-refractivity contribution in [3.8, 4) is 0 Å². The molecule has 6 nitrogen and oxygen atoms in total. The van der Waals surface area contributed by atoms with Crippen molar-refractivity contribution in [2.75, 3.05) is 26.2 Å². The molecule has 3 fully saturated rings. The lowest BCUT2D eigenvalue weighted by Crippen LogP contribution is -2.44. The summed E-state index contributed by atoms with van der Waals surface area (Å²) in [6, 6.07) is 7.04. The van der Waals surface area contributed by atoms with E-state index < -0.39 is 10.0 Å². The van der Waals surface area contributed by atoms with E-state index in [9.17, 15) is 13.2 Å². The zero-order valence-electron chi connectivity index (χ0n) is 15.7. The second-order valence-electron chi connectivity index (χ2n) is 8.35. The maximum absolute atomic E-state index is 12.5. The molecular weight excluding hydrogens is 362 g/mol. The first kappa shape index (κ1) is 18.9. The Morgan fingerprint density at radius 2 is 1.85 bits per heavy atom. The largest absolute Gasteiger partial charge is 0.343 e. The smallest absolute Gasteiger partial charge is 0.240 e. The predicted molar refractivity (Wildman–Crippen MR) is 104 cm³/mol. The fourth-order valence-electron chi connectivity index (χ4n) is 4.19. The van der Waals surface area contributed by atoms with Gasteiger partial charge in [0.25, 0.3) is 0 Å². The number of sulfonamides is 1. The van der Waals surface area contributed by atoms with E-state index in [0.717, 1.165) is 57.4 Å². The minimum absolute atomic E-state index is 0.107. The number of piperidine rings is 1. The van der Waals surface area contributed by atoms with E-state index in [4.69, 9.17) is 0 Å². The summed E-state index contributed by atoms with van der Waals surface area (Å²) in [5, 5.41) is 3.45. The van der Waals surface area contributed by atoms with E-state index >= 15 is 0 Å². The number of rotatable bonds is 6. The van der Waals surface area contributed by atoms with E-state index in [1.807, 2.05) is 17.0 Å². The van der Waals surface area contributed by atoms with Crippen LogP contribution in [0.3, 0.4) is 0 Å². The standard InChI is InChI=1S/C20H29N3O3S/c24-19(23-13-10-20(11-14-23)9-12-21-15-20)8-3-16-1-6-18(7-2-16)27(25,26)22-17-4-5-17/h1-2,6-7,17,21-22H,3-5,8-15H2. The van der Waals surface area contributed by atoms with Gasteiger partial charge in [0.05, 0.1) is 4.90 Å². The summed E-state index contributed by atoms with van der Waals surface area (Å²) in [4.78, 5) is 14.8. The fourth-order valence-corrected chi connectivity index (χ4v) is 5.49. The average Bonchev–Trinajstić information content (AvgIpc) is 3.36. The minimum Gasteiger partial charge on any atom is -0.343 e. The second-order valence-corrected chi connectivity index (χ2v) is 10.1. The molecule has 2 saturated heterocycles. The Hall–Kier alpha value is -1.44. The van der Waals surface area contributed by atoms with Crippen LogP contribution in [0, 0.1) is 5.41 Å². The number of likely N-dealkylation sites (tertiary alicyclic amines) is 1. The summed E-state index contributed by atoms with van der Waals surface area (Å²) < 4.78 is 27.1. The van der Waals surface area contributed by atoms with Crippen molar-refractivity contribution < 1.29 is 13.2 Å². The molecule has 1 aliphatic carbocycles. The number of carbonyl (C=O) groups is 1. The molecular formula is C20H29N3O3S. The van der Waals surface area contributed by atoms with Gasteiger partial charge in [-0.15, -0.1) is 0 Å². The molecule has 1 amide bonds. The van der Waals surface area contributed by atoms with Gasteiger partial charge in [0.1, 0.15) is 0 Å². The zero-order chi connectivity index (χ0) is 18.9. The molecule has 0 unspecified atom stereocenters. The van der Waals surface area contributed by atoms with Crippen LogP contribution in [0.25, 0.3) is 0 Å². The number of nitrogens with zero attached hydrogens (tertiary/aromatic N) is 1. The number of hydrogen-bond acceptors (Lipinski definition) is 4. The Labute approximate surface area is 161 Å². The molecule has 2 heterocycles. The van der Waals surface area contributed by atoms with Crippen molar-refractivity contribution in [3.63, 3.8) is 0 Å². The quantitative estimate of drug-likeness (QED) is 0.773. The van der Waals surface area contributed by atoms with Crippen molar-refractivity contribution in [1.29, 1.82) is 0 Å². The Kier molecular flexibility index (Phi) is 5.27. The van der Waals surface area contributed by atoms with Gasteiger partial charge in [0.15, 0.2) is 0 Å². The van der Waals surface area contributed by atoms with Crippen LogP contribution in [0.4, 0.5) is 0 Å². The van der Waals surface area contributed by atoms with Crippen molar-refractivity contribution in [2.45, 2.75) is 55.9 Å². The topological polar surface area (TPSA) is 78.5 Å². The second kappa shape index (κ2) is 7.53. The molecule has 1 aromatic carbocycles. The third kappa shape index (κ3) is 4.52. The van der Waals surface area contributed by atoms with E-state index in [2.05, 4.69) is 10.0 Å². The Bertz CT molecular complexity index is 771. The number of carbonyl (C=O) groups excluding carboxylic acids is 1. The first-order valence-corrected chi connectivity index (χ1v) is 11.5. The Morgan fingerprint density at radius 1 is 1.15 bits per heavy atom. The lowest BCUT2D eigenvalue weighted by Gasteiger charge is -2.39.